The summed E-state index contributed by atoms with van der Waals surface area (Å²) < 4.78 is 5.48. The van der Waals surface area contributed by atoms with Crippen molar-refractivity contribution in [2.75, 3.05) is 26.2 Å². The second-order valence-corrected chi connectivity index (χ2v) is 5.34. The maximum Gasteiger partial charge on any atom is 0.314 e. The van der Waals surface area contributed by atoms with E-state index in [0.717, 1.165) is 5.56 Å². The summed E-state index contributed by atoms with van der Waals surface area (Å²) in [6.45, 7) is 1.62. The largest absolute Gasteiger partial charge is 0.373 e. The molecule has 1 unspecified atom stereocenters. The predicted octanol–water partition coefficient (Wildman–Crippen LogP) is 1.25. The molecule has 0 saturated carbocycles. The van der Waals surface area contributed by atoms with E-state index in [1.807, 2.05) is 12.1 Å². The number of morpholine rings is 1. The number of hydrogen-bond donors (Lipinski definition) is 2. The number of nitrogens with one attached hydrogen (secondary N) is 1. The number of carbonyl (C=O) groups is 2. The highest BCUT2D eigenvalue weighted by Crippen LogP contribution is 2.10. The van der Waals surface area contributed by atoms with Gasteiger partial charge in [-0.25, -0.2) is 4.79 Å². The van der Waals surface area contributed by atoms with Gasteiger partial charge in [-0.2, -0.15) is 0 Å². The van der Waals surface area contributed by atoms with E-state index in [0.29, 0.717) is 31.3 Å². The van der Waals surface area contributed by atoms with Crippen molar-refractivity contribution in [1.82, 2.24) is 10.2 Å². The Balaban J connectivity index is 1.77. The van der Waals surface area contributed by atoms with Crippen LogP contribution in [0.1, 0.15) is 5.56 Å². The minimum atomic E-state index is -0.470. The van der Waals surface area contributed by atoms with Gasteiger partial charge < -0.3 is 20.7 Å². The number of nitrogens with two attached hydrogens (primary N) is 1. The summed E-state index contributed by atoms with van der Waals surface area (Å²) in [6, 6.07) is 6.69. The lowest BCUT2D eigenvalue weighted by atomic mass is 10.2. The lowest BCUT2D eigenvalue weighted by molar-refractivity contribution is -0.117. The molecule has 1 aliphatic heterocycles. The van der Waals surface area contributed by atoms with Crippen molar-refractivity contribution in [1.29, 1.82) is 0 Å². The molecule has 0 aliphatic carbocycles. The molecule has 1 aromatic rings. The lowest BCUT2D eigenvalue weighted by Gasteiger charge is -2.31. The second kappa shape index (κ2) is 7.82. The molecule has 0 radical (unpaired) electrons. The summed E-state index contributed by atoms with van der Waals surface area (Å²) in [6.07, 6.45) is 2.90. The van der Waals surface area contributed by atoms with Gasteiger partial charge in [0.2, 0.25) is 5.91 Å². The average Bonchev–Trinajstić information content (AvgIpc) is 2.52. The zero-order valence-electron chi connectivity index (χ0n) is 12.0. The summed E-state index contributed by atoms with van der Waals surface area (Å²) in [4.78, 5) is 24.4. The van der Waals surface area contributed by atoms with Crippen LogP contribution in [0, 0.1) is 0 Å². The van der Waals surface area contributed by atoms with Crippen LogP contribution in [0.5, 0.6) is 0 Å². The molecule has 1 fully saturated rings. The first-order chi connectivity index (χ1) is 10.5. The molecule has 2 rings (SSSR count). The van der Waals surface area contributed by atoms with Crippen molar-refractivity contribution in [2.24, 2.45) is 5.73 Å². The molecule has 6 nitrogen and oxygen atoms in total. The fraction of sp³-hybridized carbons (Fsp3) is 0.333. The monoisotopic (exact) mass is 323 g/mol. The summed E-state index contributed by atoms with van der Waals surface area (Å²) >= 11 is 5.79. The highest BCUT2D eigenvalue weighted by atomic mass is 35.5. The van der Waals surface area contributed by atoms with Crippen LogP contribution in [0.25, 0.3) is 6.08 Å². The molecule has 1 heterocycles. The molecule has 3 N–H and O–H groups in total. The Hall–Kier alpha value is -2.05. The smallest absolute Gasteiger partial charge is 0.314 e. The molecular formula is C15H18ClN3O3. The highest BCUT2D eigenvalue weighted by Gasteiger charge is 2.22. The van der Waals surface area contributed by atoms with Crippen LogP contribution < -0.4 is 11.1 Å². The fourth-order valence-corrected chi connectivity index (χ4v) is 2.19. The summed E-state index contributed by atoms with van der Waals surface area (Å²) in [5.74, 6) is -0.227. The Morgan fingerprint density at radius 2 is 2.14 bits per heavy atom. The van der Waals surface area contributed by atoms with Crippen LogP contribution >= 0.6 is 11.6 Å². The zero-order valence-corrected chi connectivity index (χ0v) is 12.8. The van der Waals surface area contributed by atoms with Crippen LogP contribution in [-0.4, -0.2) is 49.2 Å². The van der Waals surface area contributed by atoms with Gasteiger partial charge >= 0.3 is 6.03 Å². The number of carbonyl (C=O) groups excluding carboxylic acids is 2. The first-order valence-corrected chi connectivity index (χ1v) is 7.30. The number of halogens is 1. The molecule has 0 spiro atoms. The number of nitrogens with zero attached hydrogens (tertiary/aromatic N) is 1. The summed E-state index contributed by atoms with van der Waals surface area (Å²) in [7, 11) is 0. The van der Waals surface area contributed by atoms with Crippen molar-refractivity contribution >= 4 is 29.6 Å². The van der Waals surface area contributed by atoms with E-state index in [2.05, 4.69) is 5.32 Å². The van der Waals surface area contributed by atoms with Crippen LogP contribution in [0.2, 0.25) is 5.02 Å². The van der Waals surface area contributed by atoms with E-state index in [-0.39, 0.29) is 12.0 Å². The number of hydrogen-bond acceptors (Lipinski definition) is 3. The molecule has 1 aliphatic rings. The van der Waals surface area contributed by atoms with Gasteiger partial charge in [-0.15, -0.1) is 0 Å². The van der Waals surface area contributed by atoms with Gasteiger partial charge in [0.05, 0.1) is 19.3 Å². The van der Waals surface area contributed by atoms with E-state index in [1.165, 1.54) is 11.0 Å². The van der Waals surface area contributed by atoms with Gasteiger partial charge in [0, 0.05) is 24.2 Å². The van der Waals surface area contributed by atoms with E-state index in [1.54, 1.807) is 18.2 Å². The number of benzene rings is 1. The van der Waals surface area contributed by atoms with Crippen LogP contribution in [0.4, 0.5) is 4.79 Å². The molecule has 1 saturated heterocycles. The summed E-state index contributed by atoms with van der Waals surface area (Å²) in [5, 5.41) is 3.39. The first kappa shape index (κ1) is 16.3. The minimum absolute atomic E-state index is 0.227. The molecule has 3 amide bonds. The van der Waals surface area contributed by atoms with Crippen molar-refractivity contribution in [3.05, 3.63) is 40.9 Å². The molecule has 22 heavy (non-hydrogen) atoms. The first-order valence-electron chi connectivity index (χ1n) is 6.92. The minimum Gasteiger partial charge on any atom is -0.373 e. The van der Waals surface area contributed by atoms with Crippen molar-refractivity contribution in [3.8, 4) is 0 Å². The van der Waals surface area contributed by atoms with Crippen LogP contribution in [0.15, 0.2) is 30.3 Å². The number of ether oxygens (including phenoxy) is 1. The van der Waals surface area contributed by atoms with Gasteiger partial charge in [0.15, 0.2) is 0 Å². The Labute approximate surface area is 133 Å². The fourth-order valence-electron chi connectivity index (χ4n) is 2.06. The summed E-state index contributed by atoms with van der Waals surface area (Å²) in [5.41, 5.74) is 6.11. The third-order valence-electron chi connectivity index (χ3n) is 3.25. The molecule has 118 valence electrons. The van der Waals surface area contributed by atoms with Crippen LogP contribution in [0.3, 0.4) is 0 Å². The Morgan fingerprint density at radius 3 is 2.82 bits per heavy atom. The van der Waals surface area contributed by atoms with Crippen molar-refractivity contribution < 1.29 is 14.3 Å². The third kappa shape index (κ3) is 5.05. The van der Waals surface area contributed by atoms with Gasteiger partial charge in [-0.05, 0) is 23.8 Å². The Morgan fingerprint density at radius 1 is 1.41 bits per heavy atom. The Bertz CT molecular complexity index is 560. The van der Waals surface area contributed by atoms with Gasteiger partial charge in [-0.1, -0.05) is 23.7 Å². The van der Waals surface area contributed by atoms with Crippen LogP contribution in [-0.2, 0) is 9.53 Å². The molecule has 1 aromatic carbocycles. The molecule has 0 aromatic heterocycles. The average molecular weight is 324 g/mol. The number of amides is 3. The highest BCUT2D eigenvalue weighted by molar-refractivity contribution is 6.30. The third-order valence-corrected chi connectivity index (χ3v) is 3.50. The van der Waals surface area contributed by atoms with E-state index in [4.69, 9.17) is 22.1 Å². The number of urea groups is 1. The van der Waals surface area contributed by atoms with E-state index in [9.17, 15) is 9.59 Å². The maximum atomic E-state index is 11.8. The van der Waals surface area contributed by atoms with Gasteiger partial charge in [0.25, 0.3) is 0 Å². The van der Waals surface area contributed by atoms with Gasteiger partial charge in [0.1, 0.15) is 0 Å². The van der Waals surface area contributed by atoms with E-state index < -0.39 is 6.03 Å². The molecular weight excluding hydrogens is 306 g/mol. The predicted molar refractivity (Wildman–Crippen MR) is 84.4 cm³/mol. The number of primary amides is 1. The zero-order chi connectivity index (χ0) is 15.9. The molecule has 1 atom stereocenters. The van der Waals surface area contributed by atoms with Crippen molar-refractivity contribution in [3.63, 3.8) is 0 Å². The topological polar surface area (TPSA) is 84.7 Å². The van der Waals surface area contributed by atoms with E-state index >= 15 is 0 Å². The molecule has 7 heteroatoms. The normalized spacial score (nSPS) is 18.4. The lowest BCUT2D eigenvalue weighted by Crippen LogP contribution is -2.51. The SMILES string of the molecule is NC(=O)N1CCOC(CNC(=O)/C=C/c2ccc(Cl)cc2)C1. The maximum absolute atomic E-state index is 11.8. The number of rotatable bonds is 4. The second-order valence-electron chi connectivity index (χ2n) is 4.91. The van der Waals surface area contributed by atoms with Gasteiger partial charge in [-0.3, -0.25) is 4.79 Å². The molecule has 0 bridgehead atoms. The standard InChI is InChI=1S/C15H18ClN3O3/c16-12-4-1-11(2-5-12)3-6-14(20)18-9-13-10-19(15(17)21)7-8-22-13/h1-6,13H,7-10H2,(H2,17,21)(H,18,20)/b6-3+. The van der Waals surface area contributed by atoms with Crippen molar-refractivity contribution in [2.45, 2.75) is 6.10 Å². The quantitative estimate of drug-likeness (QED) is 0.818. The Kier molecular flexibility index (Phi) is 5.80.